The number of benzene rings is 2. The van der Waals surface area contributed by atoms with Crippen LogP contribution in [0.15, 0.2) is 41.2 Å². The van der Waals surface area contributed by atoms with Crippen molar-refractivity contribution in [1.29, 1.82) is 0 Å². The fraction of sp³-hybridized carbons (Fsp3) is 0.286. The molecule has 30 heavy (non-hydrogen) atoms. The lowest BCUT2D eigenvalue weighted by molar-refractivity contribution is 0.0528. The second kappa shape index (κ2) is 8.39. The van der Waals surface area contributed by atoms with Crippen molar-refractivity contribution in [1.82, 2.24) is 14.9 Å². The maximum Gasteiger partial charge on any atom is 0.407 e. The van der Waals surface area contributed by atoms with Crippen LogP contribution in [0.5, 0.6) is 0 Å². The van der Waals surface area contributed by atoms with Gasteiger partial charge in [-0.25, -0.2) is 18.6 Å². The summed E-state index contributed by atoms with van der Waals surface area (Å²) < 4.78 is 33.9. The fourth-order valence-corrected chi connectivity index (χ4v) is 3.18. The van der Waals surface area contributed by atoms with Gasteiger partial charge in [0.25, 0.3) is 5.56 Å². The Hall–Kier alpha value is -3.00. The number of alkyl carbamates (subject to hydrolysis) is 1. The summed E-state index contributed by atoms with van der Waals surface area (Å²) in [7, 11) is 0. The number of carbonyl (C=O) groups excluding carboxylic acids is 1. The van der Waals surface area contributed by atoms with Gasteiger partial charge in [0.15, 0.2) is 0 Å². The summed E-state index contributed by atoms with van der Waals surface area (Å²) >= 11 is 6.17. The van der Waals surface area contributed by atoms with Crippen LogP contribution in [-0.2, 0) is 11.2 Å². The van der Waals surface area contributed by atoms with Crippen molar-refractivity contribution in [3.05, 3.63) is 69.2 Å². The van der Waals surface area contributed by atoms with Crippen LogP contribution in [0, 0.1) is 11.6 Å². The molecule has 0 radical (unpaired) electrons. The molecule has 0 unspecified atom stereocenters. The van der Waals surface area contributed by atoms with E-state index in [1.807, 2.05) is 0 Å². The number of nitrogens with one attached hydrogen (secondary N) is 1. The molecule has 0 aliphatic rings. The molecule has 0 atom stereocenters. The third-order valence-corrected chi connectivity index (χ3v) is 4.35. The molecule has 1 N–H and O–H groups in total. The molecular formula is C21H20ClF2N3O3. The molecule has 0 saturated heterocycles. The van der Waals surface area contributed by atoms with E-state index >= 15 is 0 Å². The third kappa shape index (κ3) is 4.94. The first kappa shape index (κ1) is 21.7. The second-order valence-corrected chi connectivity index (χ2v) is 8.02. The van der Waals surface area contributed by atoms with Crippen LogP contribution in [0.3, 0.4) is 0 Å². The van der Waals surface area contributed by atoms with Crippen molar-refractivity contribution in [2.75, 3.05) is 6.54 Å². The Bertz CT molecular complexity index is 1150. The quantitative estimate of drug-likeness (QED) is 0.659. The van der Waals surface area contributed by atoms with Gasteiger partial charge in [-0.3, -0.25) is 9.36 Å². The summed E-state index contributed by atoms with van der Waals surface area (Å²) in [6.07, 6.45) is -0.522. The molecule has 9 heteroatoms. The maximum atomic E-state index is 13.8. The Labute approximate surface area is 176 Å². The average Bonchev–Trinajstić information content (AvgIpc) is 2.59. The van der Waals surface area contributed by atoms with Crippen molar-refractivity contribution in [2.45, 2.75) is 32.8 Å². The summed E-state index contributed by atoms with van der Waals surface area (Å²) in [4.78, 5) is 29.5. The minimum atomic E-state index is -0.839. The first-order valence-electron chi connectivity index (χ1n) is 9.18. The molecule has 0 aliphatic carbocycles. The Morgan fingerprint density at radius 3 is 2.50 bits per heavy atom. The van der Waals surface area contributed by atoms with Gasteiger partial charge in [0.2, 0.25) is 0 Å². The van der Waals surface area contributed by atoms with E-state index in [9.17, 15) is 18.4 Å². The van der Waals surface area contributed by atoms with Crippen molar-refractivity contribution in [3.8, 4) is 5.69 Å². The molecule has 0 aliphatic heterocycles. The standard InChI is InChI=1S/C21H20ClF2N3O3/c1-21(2,3)30-20(29)25-8-7-17-26-16-6-4-5-15(22)18(16)19(28)27(17)14-10-12(23)9-13(24)11-14/h4-6,9-11H,7-8H2,1-3H3,(H,25,29). The van der Waals surface area contributed by atoms with E-state index in [-0.39, 0.29) is 34.9 Å². The Morgan fingerprint density at radius 2 is 1.87 bits per heavy atom. The molecule has 3 aromatic rings. The molecule has 0 spiro atoms. The van der Waals surface area contributed by atoms with Gasteiger partial charge in [-0.1, -0.05) is 17.7 Å². The zero-order valence-electron chi connectivity index (χ0n) is 16.6. The summed E-state index contributed by atoms with van der Waals surface area (Å²) in [6.45, 7) is 5.29. The number of ether oxygens (including phenoxy) is 1. The SMILES string of the molecule is CC(C)(C)OC(=O)NCCc1nc2cccc(Cl)c2c(=O)n1-c1cc(F)cc(F)c1. The van der Waals surface area contributed by atoms with Gasteiger partial charge >= 0.3 is 6.09 Å². The summed E-state index contributed by atoms with van der Waals surface area (Å²) in [6, 6.07) is 7.56. The molecule has 6 nitrogen and oxygen atoms in total. The Morgan fingerprint density at radius 1 is 1.20 bits per heavy atom. The number of rotatable bonds is 4. The van der Waals surface area contributed by atoms with E-state index in [1.165, 1.54) is 6.07 Å². The van der Waals surface area contributed by atoms with Gasteiger partial charge in [0.05, 0.1) is 21.6 Å². The molecule has 3 rings (SSSR count). The molecule has 1 amide bonds. The summed E-state index contributed by atoms with van der Waals surface area (Å²) in [5, 5.41) is 2.88. The number of fused-ring (bicyclic) bond motifs is 1. The molecule has 0 bridgehead atoms. The predicted octanol–water partition coefficient (Wildman–Crippen LogP) is 4.38. The minimum absolute atomic E-state index is 0.0286. The molecule has 1 heterocycles. The molecule has 0 fully saturated rings. The van der Waals surface area contributed by atoms with E-state index < -0.39 is 28.9 Å². The highest BCUT2D eigenvalue weighted by molar-refractivity contribution is 6.35. The number of carbonyl (C=O) groups is 1. The second-order valence-electron chi connectivity index (χ2n) is 7.61. The number of hydrogen-bond acceptors (Lipinski definition) is 4. The largest absolute Gasteiger partial charge is 0.444 e. The van der Waals surface area contributed by atoms with Crippen LogP contribution in [0.2, 0.25) is 5.02 Å². The Kier molecular flexibility index (Phi) is 6.07. The van der Waals surface area contributed by atoms with E-state index in [0.29, 0.717) is 11.6 Å². The highest BCUT2D eigenvalue weighted by Crippen LogP contribution is 2.21. The molecule has 158 valence electrons. The van der Waals surface area contributed by atoms with E-state index in [4.69, 9.17) is 16.3 Å². The van der Waals surface area contributed by atoms with Crippen LogP contribution in [0.25, 0.3) is 16.6 Å². The fourth-order valence-electron chi connectivity index (χ4n) is 2.93. The van der Waals surface area contributed by atoms with Crippen LogP contribution in [0.4, 0.5) is 13.6 Å². The molecule has 1 aromatic heterocycles. The van der Waals surface area contributed by atoms with E-state index in [0.717, 1.165) is 16.7 Å². The summed E-state index contributed by atoms with van der Waals surface area (Å²) in [5.74, 6) is -1.47. The first-order valence-corrected chi connectivity index (χ1v) is 9.56. The van der Waals surface area contributed by atoms with Crippen LogP contribution in [-0.4, -0.2) is 27.8 Å². The zero-order valence-corrected chi connectivity index (χ0v) is 17.4. The van der Waals surface area contributed by atoms with E-state index in [1.54, 1.807) is 32.9 Å². The average molecular weight is 436 g/mol. The number of hydrogen-bond donors (Lipinski definition) is 1. The third-order valence-electron chi connectivity index (χ3n) is 4.04. The first-order chi connectivity index (χ1) is 14.0. The van der Waals surface area contributed by atoms with Crippen molar-refractivity contribution >= 4 is 28.6 Å². The van der Waals surface area contributed by atoms with Crippen LogP contribution in [0.1, 0.15) is 26.6 Å². The van der Waals surface area contributed by atoms with Crippen molar-refractivity contribution in [2.24, 2.45) is 0 Å². The predicted molar refractivity (Wildman–Crippen MR) is 110 cm³/mol. The van der Waals surface area contributed by atoms with Gasteiger partial charge in [-0.2, -0.15) is 0 Å². The number of nitrogens with zero attached hydrogens (tertiary/aromatic N) is 2. The minimum Gasteiger partial charge on any atom is -0.444 e. The van der Waals surface area contributed by atoms with Crippen molar-refractivity contribution in [3.63, 3.8) is 0 Å². The molecular weight excluding hydrogens is 416 g/mol. The number of aromatic nitrogens is 2. The zero-order chi connectivity index (χ0) is 22.1. The smallest absolute Gasteiger partial charge is 0.407 e. The highest BCUT2D eigenvalue weighted by atomic mass is 35.5. The molecule has 2 aromatic carbocycles. The van der Waals surface area contributed by atoms with Gasteiger partial charge in [0, 0.05) is 19.0 Å². The Balaban J connectivity index is 2.04. The van der Waals surface area contributed by atoms with Crippen molar-refractivity contribution < 1.29 is 18.3 Å². The monoisotopic (exact) mass is 435 g/mol. The van der Waals surface area contributed by atoms with Gasteiger partial charge in [-0.15, -0.1) is 0 Å². The van der Waals surface area contributed by atoms with Crippen LogP contribution < -0.4 is 10.9 Å². The van der Waals surface area contributed by atoms with Gasteiger partial charge < -0.3 is 10.1 Å². The van der Waals surface area contributed by atoms with E-state index in [2.05, 4.69) is 10.3 Å². The number of amides is 1. The van der Waals surface area contributed by atoms with Crippen LogP contribution >= 0.6 is 11.6 Å². The summed E-state index contributed by atoms with van der Waals surface area (Å²) in [5.41, 5.74) is -0.918. The van der Waals surface area contributed by atoms with Gasteiger partial charge in [-0.05, 0) is 45.0 Å². The molecule has 0 saturated carbocycles. The highest BCUT2D eigenvalue weighted by Gasteiger charge is 2.18. The lowest BCUT2D eigenvalue weighted by Gasteiger charge is -2.20. The lowest BCUT2D eigenvalue weighted by atomic mass is 10.2. The lowest BCUT2D eigenvalue weighted by Crippen LogP contribution is -2.34. The number of halogens is 3. The maximum absolute atomic E-state index is 13.8. The normalized spacial score (nSPS) is 11.5. The topological polar surface area (TPSA) is 73.2 Å². The van der Waals surface area contributed by atoms with Gasteiger partial charge in [0.1, 0.15) is 23.1 Å².